The van der Waals surface area contributed by atoms with Crippen LogP contribution >= 0.6 is 11.3 Å². The van der Waals surface area contributed by atoms with Crippen LogP contribution in [0, 0.1) is 5.92 Å². The molecule has 1 atom stereocenters. The lowest BCUT2D eigenvalue weighted by Crippen LogP contribution is -2.17. The van der Waals surface area contributed by atoms with E-state index < -0.39 is 0 Å². The molecule has 0 spiro atoms. The zero-order valence-corrected chi connectivity index (χ0v) is 34.8. The van der Waals surface area contributed by atoms with E-state index in [2.05, 4.69) is 235 Å². The van der Waals surface area contributed by atoms with Gasteiger partial charge in [-0.15, -0.1) is 11.3 Å². The standard InChI is InChI=1S/C58H46N2S/c1-3-5-16-44-18-15-24-53(41-44)60(54-39-40-58-56(42-54)55-25-12-13-26-57(55)61-58)52-37-31-48(32-38-52)47-29-35-51(36-30-47)59(49-22-10-7-11-23-49)50-33-27-43(28-34-50)17-14-21-45(4-2)46-19-8-6-9-20-46/h3-27,29-43H,1-2,28H2/b16-5-,17-14+,45-21+. The Hall–Kier alpha value is -7.46. The van der Waals surface area contributed by atoms with Gasteiger partial charge in [0.05, 0.1) is 0 Å². The van der Waals surface area contributed by atoms with E-state index in [9.17, 15) is 0 Å². The van der Waals surface area contributed by atoms with Crippen LogP contribution in [0.5, 0.6) is 0 Å². The lowest BCUT2D eigenvalue weighted by molar-refractivity contribution is 0.809. The van der Waals surface area contributed by atoms with Crippen molar-refractivity contribution >= 4 is 71.6 Å². The maximum atomic E-state index is 4.03. The summed E-state index contributed by atoms with van der Waals surface area (Å²) < 4.78 is 2.60. The van der Waals surface area contributed by atoms with Crippen molar-refractivity contribution in [1.29, 1.82) is 0 Å². The van der Waals surface area contributed by atoms with Crippen LogP contribution in [0.1, 0.15) is 17.5 Å². The normalized spacial score (nSPS) is 14.1. The van der Waals surface area contributed by atoms with E-state index in [1.807, 2.05) is 35.6 Å². The molecule has 8 aromatic rings. The Labute approximate surface area is 363 Å². The van der Waals surface area contributed by atoms with Crippen LogP contribution in [0.3, 0.4) is 0 Å². The van der Waals surface area contributed by atoms with E-state index in [0.717, 1.165) is 57.3 Å². The van der Waals surface area contributed by atoms with E-state index in [0.29, 0.717) is 5.92 Å². The predicted molar refractivity (Wildman–Crippen MR) is 266 cm³/mol. The van der Waals surface area contributed by atoms with Gasteiger partial charge in [0, 0.05) is 54.3 Å². The van der Waals surface area contributed by atoms with Gasteiger partial charge < -0.3 is 9.80 Å². The Kier molecular flexibility index (Phi) is 11.7. The minimum Gasteiger partial charge on any atom is -0.311 e. The zero-order chi connectivity index (χ0) is 41.4. The number of anilines is 5. The van der Waals surface area contributed by atoms with Gasteiger partial charge >= 0.3 is 0 Å². The highest BCUT2D eigenvalue weighted by molar-refractivity contribution is 7.25. The fourth-order valence-corrected chi connectivity index (χ4v) is 9.11. The largest absolute Gasteiger partial charge is 0.311 e. The molecule has 2 nitrogen and oxygen atoms in total. The SMILES string of the molecule is C=C/C=C\c1cccc(N(c2ccc(-c3ccc(N(C4=CCC(/C=C/C=C(\C=C)c5ccccc5)C=C4)c4ccccc4)cc3)cc2)c2ccc3sc4ccccc4c3c2)c1. The van der Waals surface area contributed by atoms with Crippen molar-refractivity contribution in [2.24, 2.45) is 5.92 Å². The fraction of sp³-hybridized carbons (Fsp3) is 0.0345. The van der Waals surface area contributed by atoms with E-state index in [1.54, 1.807) is 0 Å². The van der Waals surface area contributed by atoms with Gasteiger partial charge in [0.25, 0.3) is 0 Å². The Bertz CT molecular complexity index is 2960. The second kappa shape index (κ2) is 18.2. The summed E-state index contributed by atoms with van der Waals surface area (Å²) in [6, 6.07) is 63.1. The molecule has 0 fully saturated rings. The third kappa shape index (κ3) is 8.65. The average Bonchev–Trinajstić information content (AvgIpc) is 3.70. The molecule has 0 saturated carbocycles. The first kappa shape index (κ1) is 39.0. The van der Waals surface area contributed by atoms with Crippen LogP contribution in [-0.4, -0.2) is 0 Å². The summed E-state index contributed by atoms with van der Waals surface area (Å²) in [6.45, 7) is 7.90. The molecule has 0 radical (unpaired) electrons. The monoisotopic (exact) mass is 802 g/mol. The van der Waals surface area contributed by atoms with E-state index in [-0.39, 0.29) is 0 Å². The number of hydrogen-bond donors (Lipinski definition) is 0. The minimum absolute atomic E-state index is 0.317. The maximum Gasteiger partial charge on any atom is 0.0468 e. The minimum atomic E-state index is 0.317. The number of nitrogens with zero attached hydrogens (tertiary/aromatic N) is 2. The number of para-hydroxylation sites is 1. The molecule has 1 aliphatic carbocycles. The molecule has 9 rings (SSSR count). The van der Waals surface area contributed by atoms with Crippen molar-refractivity contribution in [2.45, 2.75) is 6.42 Å². The molecule has 61 heavy (non-hydrogen) atoms. The smallest absolute Gasteiger partial charge is 0.0468 e. The van der Waals surface area contributed by atoms with Gasteiger partial charge in [0.1, 0.15) is 0 Å². The first-order valence-electron chi connectivity index (χ1n) is 20.8. The molecule has 0 N–H and O–H groups in total. The van der Waals surface area contributed by atoms with Crippen LogP contribution in [-0.2, 0) is 0 Å². The number of hydrogen-bond acceptors (Lipinski definition) is 3. The second-order valence-electron chi connectivity index (χ2n) is 15.0. The number of thiophene rings is 1. The van der Waals surface area contributed by atoms with Crippen molar-refractivity contribution in [3.05, 3.63) is 261 Å². The molecule has 1 unspecified atom stereocenters. The van der Waals surface area contributed by atoms with Gasteiger partial charge in [0.2, 0.25) is 0 Å². The quantitative estimate of drug-likeness (QED) is 0.107. The topological polar surface area (TPSA) is 6.48 Å². The van der Waals surface area contributed by atoms with E-state index in [4.69, 9.17) is 0 Å². The van der Waals surface area contributed by atoms with Crippen LogP contribution in [0.4, 0.5) is 28.4 Å². The molecule has 0 bridgehead atoms. The molecule has 1 aliphatic rings. The number of allylic oxidation sites excluding steroid dienone is 10. The third-order valence-corrected chi connectivity index (χ3v) is 12.3. The highest BCUT2D eigenvalue weighted by Gasteiger charge is 2.18. The molecule has 0 saturated heterocycles. The fourth-order valence-electron chi connectivity index (χ4n) is 8.03. The Morgan fingerprint density at radius 1 is 0.557 bits per heavy atom. The summed E-state index contributed by atoms with van der Waals surface area (Å²) in [4.78, 5) is 4.70. The molecule has 0 aliphatic heterocycles. The molecule has 1 heterocycles. The van der Waals surface area contributed by atoms with Crippen LogP contribution in [0.2, 0.25) is 0 Å². The molecule has 294 valence electrons. The van der Waals surface area contributed by atoms with Crippen LogP contribution in [0.15, 0.2) is 249 Å². The van der Waals surface area contributed by atoms with Crippen molar-refractivity contribution in [1.82, 2.24) is 0 Å². The van der Waals surface area contributed by atoms with Crippen molar-refractivity contribution < 1.29 is 0 Å². The lowest BCUT2D eigenvalue weighted by Gasteiger charge is -2.28. The molecule has 0 amide bonds. The molecule has 3 heteroatoms. The summed E-state index contributed by atoms with van der Waals surface area (Å²) >= 11 is 1.84. The van der Waals surface area contributed by atoms with Gasteiger partial charge in [-0.3, -0.25) is 0 Å². The van der Waals surface area contributed by atoms with Gasteiger partial charge in [-0.2, -0.15) is 0 Å². The van der Waals surface area contributed by atoms with Gasteiger partial charge in [-0.25, -0.2) is 0 Å². The van der Waals surface area contributed by atoms with Gasteiger partial charge in [-0.05, 0) is 119 Å². The van der Waals surface area contributed by atoms with Crippen molar-refractivity contribution in [3.63, 3.8) is 0 Å². The van der Waals surface area contributed by atoms with Crippen molar-refractivity contribution in [3.8, 4) is 11.1 Å². The second-order valence-corrected chi connectivity index (χ2v) is 16.1. The van der Waals surface area contributed by atoms with Gasteiger partial charge in [0.15, 0.2) is 0 Å². The molecular weight excluding hydrogens is 757 g/mol. The Morgan fingerprint density at radius 3 is 1.89 bits per heavy atom. The first-order chi connectivity index (χ1) is 30.1. The summed E-state index contributed by atoms with van der Waals surface area (Å²) in [5, 5.41) is 2.57. The Balaban J connectivity index is 0.983. The Morgan fingerprint density at radius 2 is 1.18 bits per heavy atom. The van der Waals surface area contributed by atoms with Gasteiger partial charge in [-0.1, -0.05) is 171 Å². The summed E-state index contributed by atoms with van der Waals surface area (Å²) in [5.74, 6) is 0.317. The van der Waals surface area contributed by atoms with Crippen molar-refractivity contribution in [2.75, 3.05) is 9.80 Å². The number of fused-ring (bicyclic) bond motifs is 3. The highest BCUT2D eigenvalue weighted by Crippen LogP contribution is 2.42. The first-order valence-corrected chi connectivity index (χ1v) is 21.6. The highest BCUT2D eigenvalue weighted by atomic mass is 32.1. The van der Waals surface area contributed by atoms with E-state index >= 15 is 0 Å². The number of rotatable bonds is 13. The average molecular weight is 803 g/mol. The van der Waals surface area contributed by atoms with Crippen LogP contribution < -0.4 is 9.80 Å². The number of benzene rings is 7. The molecule has 1 aromatic heterocycles. The molecular formula is C58H46N2S. The predicted octanol–water partition coefficient (Wildman–Crippen LogP) is 16.8. The molecule has 7 aromatic carbocycles. The van der Waals surface area contributed by atoms with E-state index in [1.165, 1.54) is 31.3 Å². The summed E-state index contributed by atoms with van der Waals surface area (Å²) in [7, 11) is 0. The van der Waals surface area contributed by atoms with Crippen LogP contribution in [0.25, 0.3) is 42.9 Å². The summed E-state index contributed by atoms with van der Waals surface area (Å²) in [6.07, 6.45) is 22.2. The zero-order valence-electron chi connectivity index (χ0n) is 34.0. The third-order valence-electron chi connectivity index (χ3n) is 11.1. The lowest BCUT2D eigenvalue weighted by atomic mass is 9.97. The summed E-state index contributed by atoms with van der Waals surface area (Å²) in [5.41, 5.74) is 12.5. The maximum absolute atomic E-state index is 4.03.